The molecule has 0 aliphatic carbocycles. The van der Waals surface area contributed by atoms with Gasteiger partial charge in [-0.25, -0.2) is 0 Å². The molecular weight excluding hydrogens is 316 g/mol. The maximum Gasteiger partial charge on any atom is 0.226 e. The number of hydrogen-bond donors (Lipinski definition) is 1. The number of nitrogens with zero attached hydrogens (tertiary/aromatic N) is 2. The van der Waals surface area contributed by atoms with Crippen molar-refractivity contribution in [3.8, 4) is 0 Å². The third kappa shape index (κ3) is 4.21. The van der Waals surface area contributed by atoms with Crippen LogP contribution >= 0.6 is 0 Å². The predicted molar refractivity (Wildman–Crippen MR) is 96.0 cm³/mol. The number of carbonyl (C=O) groups is 2. The van der Waals surface area contributed by atoms with E-state index in [0.29, 0.717) is 19.4 Å². The van der Waals surface area contributed by atoms with Crippen molar-refractivity contribution in [2.45, 2.75) is 39.0 Å². The second kappa shape index (κ2) is 7.56. The molecule has 0 aromatic heterocycles. The van der Waals surface area contributed by atoms with Gasteiger partial charge >= 0.3 is 0 Å². The number of carbonyl (C=O) groups excluding carboxylic acids is 2. The van der Waals surface area contributed by atoms with Gasteiger partial charge in [0, 0.05) is 32.6 Å². The van der Waals surface area contributed by atoms with Crippen molar-refractivity contribution in [2.75, 3.05) is 32.8 Å². The summed E-state index contributed by atoms with van der Waals surface area (Å²) in [6.45, 7) is 4.76. The van der Waals surface area contributed by atoms with Crippen LogP contribution in [-0.2, 0) is 16.0 Å². The minimum Gasteiger partial charge on any atom is -0.395 e. The Morgan fingerprint density at radius 1 is 1.16 bits per heavy atom. The highest BCUT2D eigenvalue weighted by atomic mass is 16.3. The molecule has 0 radical (unpaired) electrons. The fourth-order valence-corrected chi connectivity index (χ4v) is 4.06. The highest BCUT2D eigenvalue weighted by molar-refractivity contribution is 5.79. The first kappa shape index (κ1) is 17.9. The minimum atomic E-state index is 0.0168. The molecular formula is C20H28N2O3. The average molecular weight is 344 g/mol. The van der Waals surface area contributed by atoms with E-state index in [1.807, 2.05) is 36.1 Å². The van der Waals surface area contributed by atoms with E-state index in [1.54, 1.807) is 4.90 Å². The van der Waals surface area contributed by atoms with Crippen molar-refractivity contribution in [3.63, 3.8) is 0 Å². The molecule has 1 aromatic carbocycles. The van der Waals surface area contributed by atoms with Crippen molar-refractivity contribution >= 4 is 11.8 Å². The molecule has 25 heavy (non-hydrogen) atoms. The van der Waals surface area contributed by atoms with E-state index < -0.39 is 0 Å². The summed E-state index contributed by atoms with van der Waals surface area (Å²) in [4.78, 5) is 28.3. The monoisotopic (exact) mass is 344 g/mol. The highest BCUT2D eigenvalue weighted by Gasteiger charge is 2.41. The lowest BCUT2D eigenvalue weighted by molar-refractivity contribution is -0.142. The van der Waals surface area contributed by atoms with Crippen LogP contribution in [0.2, 0.25) is 0 Å². The Kier molecular flexibility index (Phi) is 5.42. The average Bonchev–Trinajstić information content (AvgIpc) is 2.61. The third-order valence-corrected chi connectivity index (χ3v) is 5.77. The topological polar surface area (TPSA) is 60.9 Å². The van der Waals surface area contributed by atoms with Gasteiger partial charge in [0.25, 0.3) is 0 Å². The van der Waals surface area contributed by atoms with Crippen LogP contribution in [0.15, 0.2) is 24.3 Å². The third-order valence-electron chi connectivity index (χ3n) is 5.77. The minimum absolute atomic E-state index is 0.0168. The molecule has 5 heteroatoms. The molecule has 136 valence electrons. The van der Waals surface area contributed by atoms with E-state index in [4.69, 9.17) is 5.11 Å². The lowest BCUT2D eigenvalue weighted by Gasteiger charge is -2.47. The fourth-order valence-electron chi connectivity index (χ4n) is 4.06. The van der Waals surface area contributed by atoms with Gasteiger partial charge in [-0.3, -0.25) is 9.59 Å². The molecule has 5 nitrogen and oxygen atoms in total. The van der Waals surface area contributed by atoms with Crippen LogP contribution in [0.4, 0.5) is 0 Å². The second-order valence-electron chi connectivity index (χ2n) is 7.58. The van der Waals surface area contributed by atoms with Crippen molar-refractivity contribution in [3.05, 3.63) is 35.4 Å². The molecule has 2 fully saturated rings. The Balaban J connectivity index is 1.55. The largest absolute Gasteiger partial charge is 0.395 e. The van der Waals surface area contributed by atoms with Gasteiger partial charge in [0.1, 0.15) is 0 Å². The Labute approximate surface area is 149 Å². The van der Waals surface area contributed by atoms with E-state index in [-0.39, 0.29) is 23.8 Å². The number of aliphatic hydroxyl groups is 1. The molecule has 1 N–H and O–H groups in total. The summed E-state index contributed by atoms with van der Waals surface area (Å²) in [5.74, 6) is 0.343. The lowest BCUT2D eigenvalue weighted by Crippen LogP contribution is -2.53. The molecule has 2 saturated heterocycles. The van der Waals surface area contributed by atoms with Crippen LogP contribution < -0.4 is 0 Å². The molecule has 2 heterocycles. The van der Waals surface area contributed by atoms with Gasteiger partial charge in [-0.05, 0) is 37.2 Å². The first-order valence-electron chi connectivity index (χ1n) is 9.23. The molecule has 0 unspecified atom stereocenters. The highest BCUT2D eigenvalue weighted by Crippen LogP contribution is 2.40. The quantitative estimate of drug-likeness (QED) is 0.905. The van der Waals surface area contributed by atoms with Crippen molar-refractivity contribution in [1.29, 1.82) is 0 Å². The van der Waals surface area contributed by atoms with Crippen molar-refractivity contribution in [1.82, 2.24) is 9.80 Å². The first-order valence-corrected chi connectivity index (χ1v) is 9.23. The van der Waals surface area contributed by atoms with Crippen LogP contribution in [0.3, 0.4) is 0 Å². The van der Waals surface area contributed by atoms with Gasteiger partial charge in [0.05, 0.1) is 13.0 Å². The van der Waals surface area contributed by atoms with Gasteiger partial charge in [-0.15, -0.1) is 0 Å². The summed E-state index contributed by atoms with van der Waals surface area (Å²) in [6, 6.07) is 8.14. The summed E-state index contributed by atoms with van der Waals surface area (Å²) < 4.78 is 0. The van der Waals surface area contributed by atoms with Gasteiger partial charge in [-0.2, -0.15) is 0 Å². The molecule has 3 rings (SSSR count). The Hall–Kier alpha value is -1.88. The van der Waals surface area contributed by atoms with Gasteiger partial charge in [0.2, 0.25) is 11.8 Å². The fraction of sp³-hybridized carbons (Fsp3) is 0.600. The van der Waals surface area contributed by atoms with Crippen LogP contribution in [0.5, 0.6) is 0 Å². The Morgan fingerprint density at radius 3 is 2.48 bits per heavy atom. The molecule has 1 aromatic rings. The summed E-state index contributed by atoms with van der Waals surface area (Å²) in [5.41, 5.74) is 2.40. The van der Waals surface area contributed by atoms with Crippen LogP contribution in [-0.4, -0.2) is 59.5 Å². The lowest BCUT2D eigenvalue weighted by atomic mass is 9.72. The van der Waals surface area contributed by atoms with Gasteiger partial charge < -0.3 is 14.9 Å². The zero-order valence-corrected chi connectivity index (χ0v) is 15.0. The normalized spacial score (nSPS) is 20.2. The Bertz CT molecular complexity index is 618. The maximum absolute atomic E-state index is 12.6. The standard InChI is InChI=1S/C20H28N2O3/c1-16-2-4-17(5-3-16)14-19(25)21-10-8-20(9-11-21)7-6-18(24)22(15-20)12-13-23/h2-5,23H,6-15H2,1H3. The van der Waals surface area contributed by atoms with Gasteiger partial charge in [-0.1, -0.05) is 29.8 Å². The van der Waals surface area contributed by atoms with Crippen LogP contribution in [0.1, 0.15) is 36.8 Å². The molecule has 1 spiro atoms. The number of amides is 2. The van der Waals surface area contributed by atoms with E-state index in [9.17, 15) is 9.59 Å². The number of hydrogen-bond acceptors (Lipinski definition) is 3. The van der Waals surface area contributed by atoms with E-state index in [2.05, 4.69) is 0 Å². The number of rotatable bonds is 4. The summed E-state index contributed by atoms with van der Waals surface area (Å²) >= 11 is 0. The second-order valence-corrected chi connectivity index (χ2v) is 7.58. The number of aryl methyl sites for hydroxylation is 1. The maximum atomic E-state index is 12.6. The Morgan fingerprint density at radius 2 is 1.84 bits per heavy atom. The van der Waals surface area contributed by atoms with Crippen LogP contribution in [0.25, 0.3) is 0 Å². The van der Waals surface area contributed by atoms with E-state index in [1.165, 1.54) is 5.56 Å². The predicted octanol–water partition coefficient (Wildman–Crippen LogP) is 1.76. The zero-order chi connectivity index (χ0) is 17.9. The van der Waals surface area contributed by atoms with Crippen molar-refractivity contribution in [2.24, 2.45) is 5.41 Å². The number of aliphatic hydroxyl groups excluding tert-OH is 1. The summed E-state index contributed by atoms with van der Waals surface area (Å²) in [7, 11) is 0. The SMILES string of the molecule is Cc1ccc(CC(=O)N2CCC3(CCC(=O)N(CCO)C3)CC2)cc1. The summed E-state index contributed by atoms with van der Waals surface area (Å²) in [6.07, 6.45) is 3.83. The number of piperidine rings is 2. The molecule has 2 aliphatic heterocycles. The van der Waals surface area contributed by atoms with Crippen molar-refractivity contribution < 1.29 is 14.7 Å². The zero-order valence-electron chi connectivity index (χ0n) is 15.0. The van der Waals surface area contributed by atoms with Crippen LogP contribution in [0, 0.1) is 12.3 Å². The molecule has 0 atom stereocenters. The molecule has 2 amide bonds. The van der Waals surface area contributed by atoms with E-state index in [0.717, 1.165) is 44.5 Å². The summed E-state index contributed by atoms with van der Waals surface area (Å²) in [5, 5.41) is 9.15. The molecule has 0 bridgehead atoms. The number of β-amino-alcohol motifs (C(OH)–C–C–N with tert-alkyl or cyclic N) is 1. The first-order chi connectivity index (χ1) is 12.0. The smallest absolute Gasteiger partial charge is 0.226 e. The number of benzene rings is 1. The molecule has 2 aliphatic rings. The van der Waals surface area contributed by atoms with E-state index >= 15 is 0 Å². The molecule has 0 saturated carbocycles. The number of likely N-dealkylation sites (tertiary alicyclic amines) is 2. The van der Waals surface area contributed by atoms with Gasteiger partial charge in [0.15, 0.2) is 0 Å².